The van der Waals surface area contributed by atoms with E-state index in [0.717, 1.165) is 19.6 Å². The maximum Gasteiger partial charge on any atom is 0.322 e. The van der Waals surface area contributed by atoms with Gasteiger partial charge in [-0.05, 0) is 0 Å². The van der Waals surface area contributed by atoms with E-state index in [0.29, 0.717) is 6.54 Å². The summed E-state index contributed by atoms with van der Waals surface area (Å²) >= 11 is 0. The molecule has 1 unspecified atom stereocenters. The Labute approximate surface area is 71.9 Å². The molecule has 2 N–H and O–H groups in total. The van der Waals surface area contributed by atoms with E-state index in [9.17, 15) is 4.79 Å². The van der Waals surface area contributed by atoms with Crippen LogP contribution in [0.5, 0.6) is 0 Å². The van der Waals surface area contributed by atoms with Crippen LogP contribution in [0.2, 0.25) is 0 Å². The predicted octanol–water partition coefficient (Wildman–Crippen LogP) is -0.469. The number of aliphatic carboxylic acids is 1. The largest absolute Gasteiger partial charge is 0.480 e. The van der Waals surface area contributed by atoms with E-state index >= 15 is 0 Å². The first-order chi connectivity index (χ1) is 5.74. The van der Waals surface area contributed by atoms with Crippen molar-refractivity contribution in [1.82, 2.24) is 10.2 Å². The van der Waals surface area contributed by atoms with Crippen LogP contribution < -0.4 is 5.32 Å². The normalized spacial score (nSPS) is 25.2. The first-order valence-electron chi connectivity index (χ1n) is 4.03. The second kappa shape index (κ2) is 4.23. The number of hydrogen-bond donors (Lipinski definition) is 2. The lowest BCUT2D eigenvalue weighted by molar-refractivity contribution is -0.140. The lowest BCUT2D eigenvalue weighted by Crippen LogP contribution is -2.54. The van der Waals surface area contributed by atoms with E-state index in [-0.39, 0.29) is 0 Å². The van der Waals surface area contributed by atoms with Crippen molar-refractivity contribution in [2.24, 2.45) is 0 Å². The van der Waals surface area contributed by atoms with E-state index in [1.807, 2.05) is 0 Å². The highest BCUT2D eigenvalue weighted by Gasteiger charge is 2.23. The Morgan fingerprint density at radius 1 is 1.83 bits per heavy atom. The molecule has 0 radical (unpaired) electrons. The third kappa shape index (κ3) is 2.32. The SMILES string of the molecule is C=CCN1CCNC(C(=O)O)C1. The Morgan fingerprint density at radius 3 is 3.17 bits per heavy atom. The van der Waals surface area contributed by atoms with E-state index in [4.69, 9.17) is 5.11 Å². The third-order valence-corrected chi connectivity index (χ3v) is 1.94. The van der Waals surface area contributed by atoms with E-state index in [1.54, 1.807) is 6.08 Å². The Balaban J connectivity index is 2.39. The van der Waals surface area contributed by atoms with Gasteiger partial charge in [0.1, 0.15) is 6.04 Å². The molecule has 12 heavy (non-hydrogen) atoms. The van der Waals surface area contributed by atoms with Gasteiger partial charge in [-0.2, -0.15) is 0 Å². The fourth-order valence-electron chi connectivity index (χ4n) is 1.32. The molecule has 0 aliphatic carbocycles. The first-order valence-corrected chi connectivity index (χ1v) is 4.03. The molecule has 1 atom stereocenters. The molecule has 1 saturated heterocycles. The topological polar surface area (TPSA) is 52.6 Å². The Hall–Kier alpha value is -0.870. The molecule has 0 aromatic carbocycles. The van der Waals surface area contributed by atoms with E-state index in [1.165, 1.54) is 0 Å². The number of hydrogen-bond acceptors (Lipinski definition) is 3. The van der Waals surface area contributed by atoms with Crippen LogP contribution in [0.25, 0.3) is 0 Å². The standard InChI is InChI=1S/C8H14N2O2/c1-2-4-10-5-3-9-7(6-10)8(11)12/h2,7,9H,1,3-6H2,(H,11,12). The molecule has 0 saturated carbocycles. The number of carboxylic acid groups (broad SMARTS) is 1. The fraction of sp³-hybridized carbons (Fsp3) is 0.625. The Morgan fingerprint density at radius 2 is 2.58 bits per heavy atom. The van der Waals surface area contributed by atoms with Crippen molar-refractivity contribution < 1.29 is 9.90 Å². The van der Waals surface area contributed by atoms with Crippen LogP contribution in [0.15, 0.2) is 12.7 Å². The molecule has 1 aliphatic rings. The minimum Gasteiger partial charge on any atom is -0.480 e. The summed E-state index contributed by atoms with van der Waals surface area (Å²) in [4.78, 5) is 12.7. The second-order valence-corrected chi connectivity index (χ2v) is 2.89. The van der Waals surface area contributed by atoms with Gasteiger partial charge in [-0.15, -0.1) is 6.58 Å². The summed E-state index contributed by atoms with van der Waals surface area (Å²) < 4.78 is 0. The molecule has 1 fully saturated rings. The van der Waals surface area contributed by atoms with Crippen molar-refractivity contribution in [3.63, 3.8) is 0 Å². The fourth-order valence-corrected chi connectivity index (χ4v) is 1.32. The van der Waals surface area contributed by atoms with Crippen LogP contribution >= 0.6 is 0 Å². The maximum absolute atomic E-state index is 10.6. The zero-order valence-corrected chi connectivity index (χ0v) is 6.99. The van der Waals surface area contributed by atoms with Crippen molar-refractivity contribution in [3.8, 4) is 0 Å². The van der Waals surface area contributed by atoms with E-state index < -0.39 is 12.0 Å². The molecule has 0 bridgehead atoms. The minimum atomic E-state index is -0.774. The van der Waals surface area contributed by atoms with E-state index in [2.05, 4.69) is 16.8 Å². The molecule has 4 nitrogen and oxygen atoms in total. The van der Waals surface area contributed by atoms with Crippen molar-refractivity contribution in [3.05, 3.63) is 12.7 Å². The summed E-state index contributed by atoms with van der Waals surface area (Å²) in [5.41, 5.74) is 0. The number of piperazine rings is 1. The number of nitrogens with one attached hydrogen (secondary N) is 1. The lowest BCUT2D eigenvalue weighted by atomic mass is 10.2. The molecule has 1 heterocycles. The average molecular weight is 170 g/mol. The lowest BCUT2D eigenvalue weighted by Gasteiger charge is -2.30. The Bertz CT molecular complexity index is 182. The molecule has 1 rings (SSSR count). The molecular formula is C8H14N2O2. The summed E-state index contributed by atoms with van der Waals surface area (Å²) in [7, 11) is 0. The van der Waals surface area contributed by atoms with Gasteiger partial charge in [0.2, 0.25) is 0 Å². The summed E-state index contributed by atoms with van der Waals surface area (Å²) in [6.45, 7) is 6.59. The third-order valence-electron chi connectivity index (χ3n) is 1.94. The minimum absolute atomic E-state index is 0.418. The number of carbonyl (C=O) groups is 1. The van der Waals surface area contributed by atoms with Crippen LogP contribution in [0.3, 0.4) is 0 Å². The summed E-state index contributed by atoms with van der Waals surface area (Å²) in [6, 6.07) is -0.418. The molecule has 1 aliphatic heterocycles. The van der Waals surface area contributed by atoms with Gasteiger partial charge in [-0.1, -0.05) is 6.08 Å². The second-order valence-electron chi connectivity index (χ2n) is 2.89. The summed E-state index contributed by atoms with van der Waals surface area (Å²) in [5, 5.41) is 11.6. The summed E-state index contributed by atoms with van der Waals surface area (Å²) in [6.07, 6.45) is 1.80. The highest BCUT2D eigenvalue weighted by molar-refractivity contribution is 5.73. The maximum atomic E-state index is 10.6. The monoisotopic (exact) mass is 170 g/mol. The van der Waals surface area contributed by atoms with Gasteiger partial charge in [-0.3, -0.25) is 9.69 Å². The van der Waals surface area contributed by atoms with Crippen molar-refractivity contribution in [1.29, 1.82) is 0 Å². The molecule has 0 amide bonds. The zero-order chi connectivity index (χ0) is 8.97. The van der Waals surface area contributed by atoms with Gasteiger partial charge in [0.15, 0.2) is 0 Å². The highest BCUT2D eigenvalue weighted by Crippen LogP contribution is 1.98. The highest BCUT2D eigenvalue weighted by atomic mass is 16.4. The molecule has 0 aromatic heterocycles. The van der Waals surface area contributed by atoms with Crippen LogP contribution in [0, 0.1) is 0 Å². The zero-order valence-electron chi connectivity index (χ0n) is 6.99. The first kappa shape index (κ1) is 9.22. The van der Waals surface area contributed by atoms with Gasteiger partial charge < -0.3 is 10.4 Å². The summed E-state index contributed by atoms with van der Waals surface area (Å²) in [5.74, 6) is -0.774. The van der Waals surface area contributed by atoms with Crippen molar-refractivity contribution >= 4 is 5.97 Å². The molecule has 4 heteroatoms. The molecule has 68 valence electrons. The molecule has 0 spiro atoms. The van der Waals surface area contributed by atoms with Gasteiger partial charge in [-0.25, -0.2) is 0 Å². The Kier molecular flexibility index (Phi) is 3.25. The van der Waals surface area contributed by atoms with Gasteiger partial charge in [0.05, 0.1) is 0 Å². The number of nitrogens with zero attached hydrogens (tertiary/aromatic N) is 1. The predicted molar refractivity (Wildman–Crippen MR) is 46.1 cm³/mol. The van der Waals surface area contributed by atoms with Gasteiger partial charge >= 0.3 is 5.97 Å². The van der Waals surface area contributed by atoms with Crippen LogP contribution in [0.1, 0.15) is 0 Å². The van der Waals surface area contributed by atoms with Crippen LogP contribution in [0.4, 0.5) is 0 Å². The quantitative estimate of drug-likeness (QED) is 0.562. The van der Waals surface area contributed by atoms with Gasteiger partial charge in [0, 0.05) is 26.2 Å². The molecule has 0 aromatic rings. The van der Waals surface area contributed by atoms with Crippen molar-refractivity contribution in [2.75, 3.05) is 26.2 Å². The van der Waals surface area contributed by atoms with Crippen LogP contribution in [-0.2, 0) is 4.79 Å². The van der Waals surface area contributed by atoms with Gasteiger partial charge in [0.25, 0.3) is 0 Å². The smallest absolute Gasteiger partial charge is 0.322 e. The number of rotatable bonds is 3. The average Bonchev–Trinajstić information content (AvgIpc) is 2.05. The van der Waals surface area contributed by atoms with Crippen LogP contribution in [-0.4, -0.2) is 48.2 Å². The van der Waals surface area contributed by atoms with Crippen molar-refractivity contribution in [2.45, 2.75) is 6.04 Å². The molecular weight excluding hydrogens is 156 g/mol. The number of carboxylic acids is 1.